The van der Waals surface area contributed by atoms with Gasteiger partial charge in [0.15, 0.2) is 16.6 Å². The largest absolute Gasteiger partial charge is 0.293 e. The second kappa shape index (κ2) is 7.54. The number of carbonyl (C=O) groups is 1. The number of hydrogen-bond donors (Lipinski definition) is 0. The SMILES string of the molecule is CC(C)c1nc2sc3c(c2c2nnc(SCC(=O)c4ccccc4)n12)CCCC3. The molecule has 5 rings (SSSR count). The second-order valence-corrected chi connectivity index (χ2v) is 9.76. The number of aromatic nitrogens is 4. The number of carbonyl (C=O) groups excluding carboxylic acids is 1. The summed E-state index contributed by atoms with van der Waals surface area (Å²) in [5, 5.41) is 11.0. The summed E-state index contributed by atoms with van der Waals surface area (Å²) < 4.78 is 2.08. The lowest BCUT2D eigenvalue weighted by Gasteiger charge is -2.12. The first-order valence-corrected chi connectivity index (χ1v) is 11.8. The molecule has 1 aromatic carbocycles. The van der Waals surface area contributed by atoms with Crippen molar-refractivity contribution in [3.05, 3.63) is 52.2 Å². The third-order valence-corrected chi connectivity index (χ3v) is 7.51. The lowest BCUT2D eigenvalue weighted by atomic mass is 9.97. The van der Waals surface area contributed by atoms with Crippen molar-refractivity contribution in [1.29, 1.82) is 0 Å². The minimum atomic E-state index is 0.0976. The molecule has 5 nitrogen and oxygen atoms in total. The highest BCUT2D eigenvalue weighted by Crippen LogP contribution is 2.39. The standard InChI is InChI=1S/C22H22N4OS2/c1-13(2)19-23-21-18(15-10-6-7-11-17(15)29-21)20-24-25-22(26(19)20)28-12-16(27)14-8-4-3-5-9-14/h3-5,8-9,13H,6-7,10-12H2,1-2H3. The normalized spacial score (nSPS) is 14.0. The number of fused-ring (bicyclic) bond motifs is 5. The highest BCUT2D eigenvalue weighted by atomic mass is 32.2. The van der Waals surface area contributed by atoms with E-state index in [0.717, 1.165) is 39.9 Å². The van der Waals surface area contributed by atoms with Crippen LogP contribution in [0.5, 0.6) is 0 Å². The first-order chi connectivity index (χ1) is 14.1. The summed E-state index contributed by atoms with van der Waals surface area (Å²) >= 11 is 3.26. The molecule has 3 heterocycles. The van der Waals surface area contributed by atoms with Gasteiger partial charge in [-0.25, -0.2) is 4.98 Å². The van der Waals surface area contributed by atoms with Crippen LogP contribution >= 0.6 is 23.1 Å². The van der Waals surface area contributed by atoms with Crippen LogP contribution in [0.3, 0.4) is 0 Å². The molecule has 0 N–H and O–H groups in total. The van der Waals surface area contributed by atoms with Crippen LogP contribution in [0.4, 0.5) is 0 Å². The molecule has 0 fully saturated rings. The van der Waals surface area contributed by atoms with Crippen molar-refractivity contribution < 1.29 is 4.79 Å². The molecule has 0 amide bonds. The first-order valence-electron chi connectivity index (χ1n) is 10.0. The second-order valence-electron chi connectivity index (χ2n) is 7.74. The van der Waals surface area contributed by atoms with Crippen LogP contribution in [-0.4, -0.2) is 31.1 Å². The van der Waals surface area contributed by atoms with E-state index in [0.29, 0.717) is 5.75 Å². The predicted molar refractivity (Wildman–Crippen MR) is 118 cm³/mol. The van der Waals surface area contributed by atoms with Gasteiger partial charge in [-0.05, 0) is 31.2 Å². The quantitative estimate of drug-likeness (QED) is 0.322. The molecule has 0 radical (unpaired) electrons. The summed E-state index contributed by atoms with van der Waals surface area (Å²) in [5.74, 6) is 1.63. The molecule has 0 bridgehead atoms. The Morgan fingerprint density at radius 3 is 2.76 bits per heavy atom. The van der Waals surface area contributed by atoms with Gasteiger partial charge in [-0.2, -0.15) is 0 Å². The van der Waals surface area contributed by atoms with Gasteiger partial charge in [0.1, 0.15) is 10.7 Å². The number of ketones is 1. The molecule has 1 aliphatic carbocycles. The molecule has 0 aliphatic heterocycles. The zero-order valence-corrected chi connectivity index (χ0v) is 18.1. The summed E-state index contributed by atoms with van der Waals surface area (Å²) in [5.41, 5.74) is 3.03. The van der Waals surface area contributed by atoms with Gasteiger partial charge >= 0.3 is 0 Å². The van der Waals surface area contributed by atoms with E-state index < -0.39 is 0 Å². The molecule has 3 aromatic heterocycles. The van der Waals surface area contributed by atoms with Crippen molar-refractivity contribution in [2.24, 2.45) is 0 Å². The maximum atomic E-state index is 12.6. The Morgan fingerprint density at radius 1 is 1.17 bits per heavy atom. The fourth-order valence-corrected chi connectivity index (χ4v) is 6.07. The van der Waals surface area contributed by atoms with Gasteiger partial charge in [0.2, 0.25) is 0 Å². The molecule has 29 heavy (non-hydrogen) atoms. The topological polar surface area (TPSA) is 60.2 Å². The molecule has 148 valence electrons. The summed E-state index contributed by atoms with van der Waals surface area (Å²) in [6.07, 6.45) is 4.71. The zero-order valence-electron chi connectivity index (χ0n) is 16.5. The van der Waals surface area contributed by atoms with Crippen LogP contribution in [0.1, 0.15) is 59.2 Å². The Hall–Kier alpha value is -2.25. The predicted octanol–water partition coefficient (Wildman–Crippen LogP) is 5.32. The van der Waals surface area contributed by atoms with E-state index in [9.17, 15) is 4.79 Å². The molecule has 1 aliphatic rings. The summed E-state index contributed by atoms with van der Waals surface area (Å²) in [6.45, 7) is 4.29. The number of aryl methyl sites for hydroxylation is 2. The highest BCUT2D eigenvalue weighted by Gasteiger charge is 2.24. The highest BCUT2D eigenvalue weighted by molar-refractivity contribution is 7.99. The van der Waals surface area contributed by atoms with Gasteiger partial charge in [-0.3, -0.25) is 9.20 Å². The molecule has 0 unspecified atom stereocenters. The van der Waals surface area contributed by atoms with Crippen LogP contribution in [-0.2, 0) is 12.8 Å². The van der Waals surface area contributed by atoms with E-state index in [1.807, 2.05) is 41.7 Å². The fourth-order valence-electron chi connectivity index (χ4n) is 3.97. The summed E-state index contributed by atoms with van der Waals surface area (Å²) in [6, 6.07) is 9.41. The van der Waals surface area contributed by atoms with E-state index in [1.54, 1.807) is 0 Å². The van der Waals surface area contributed by atoms with Gasteiger partial charge in [-0.1, -0.05) is 55.9 Å². The average Bonchev–Trinajstić information content (AvgIpc) is 3.32. The number of hydrogen-bond acceptors (Lipinski definition) is 6. The number of nitrogens with zero attached hydrogens (tertiary/aromatic N) is 4. The summed E-state index contributed by atoms with van der Waals surface area (Å²) in [7, 11) is 0. The maximum absolute atomic E-state index is 12.6. The van der Waals surface area contributed by atoms with E-state index in [4.69, 9.17) is 4.98 Å². The Labute approximate surface area is 177 Å². The third kappa shape index (κ3) is 3.26. The molecule has 4 aromatic rings. The van der Waals surface area contributed by atoms with Crippen molar-refractivity contribution in [2.75, 3.05) is 5.75 Å². The van der Waals surface area contributed by atoms with Gasteiger partial charge < -0.3 is 0 Å². The van der Waals surface area contributed by atoms with Crippen LogP contribution < -0.4 is 0 Å². The van der Waals surface area contributed by atoms with Crippen LogP contribution in [0.2, 0.25) is 0 Å². The number of rotatable bonds is 5. The number of thiophene rings is 1. The van der Waals surface area contributed by atoms with Gasteiger partial charge in [0.05, 0.1) is 11.1 Å². The van der Waals surface area contributed by atoms with E-state index in [1.165, 1.54) is 40.4 Å². The molecule has 0 atom stereocenters. The average molecular weight is 423 g/mol. The number of benzene rings is 1. The third-order valence-electron chi connectivity index (χ3n) is 5.40. The van der Waals surface area contributed by atoms with Gasteiger partial charge in [-0.15, -0.1) is 21.5 Å². The molecular formula is C22H22N4OS2. The first kappa shape index (κ1) is 18.8. The Bertz CT molecular complexity index is 1210. The fraction of sp³-hybridized carbons (Fsp3) is 0.364. The number of thioether (sulfide) groups is 1. The van der Waals surface area contributed by atoms with Crippen molar-refractivity contribution in [1.82, 2.24) is 19.6 Å². The lowest BCUT2D eigenvalue weighted by molar-refractivity contribution is 0.102. The minimum absolute atomic E-state index is 0.0976. The molecule has 0 spiro atoms. The summed E-state index contributed by atoms with van der Waals surface area (Å²) in [4.78, 5) is 20.1. The van der Waals surface area contributed by atoms with Gasteiger partial charge in [0.25, 0.3) is 0 Å². The van der Waals surface area contributed by atoms with Crippen LogP contribution in [0.25, 0.3) is 15.9 Å². The lowest BCUT2D eigenvalue weighted by Crippen LogP contribution is -2.07. The van der Waals surface area contributed by atoms with E-state index in [2.05, 4.69) is 28.4 Å². The van der Waals surface area contributed by atoms with Gasteiger partial charge in [0, 0.05) is 16.4 Å². The molecule has 0 saturated heterocycles. The zero-order chi connectivity index (χ0) is 20.0. The van der Waals surface area contributed by atoms with Crippen molar-refractivity contribution >= 4 is 44.7 Å². The van der Waals surface area contributed by atoms with Crippen molar-refractivity contribution in [3.8, 4) is 0 Å². The Balaban J connectivity index is 1.59. The molecule has 7 heteroatoms. The number of Topliss-reactive ketones (excluding diaryl/α,β-unsaturated/α-hetero) is 1. The molecular weight excluding hydrogens is 400 g/mol. The monoisotopic (exact) mass is 422 g/mol. The Kier molecular flexibility index (Phi) is 4.87. The van der Waals surface area contributed by atoms with Crippen molar-refractivity contribution in [2.45, 2.75) is 50.6 Å². The molecule has 0 saturated carbocycles. The Morgan fingerprint density at radius 2 is 1.97 bits per heavy atom. The maximum Gasteiger partial charge on any atom is 0.197 e. The van der Waals surface area contributed by atoms with Crippen LogP contribution in [0, 0.1) is 0 Å². The minimum Gasteiger partial charge on any atom is -0.293 e. The van der Waals surface area contributed by atoms with Crippen molar-refractivity contribution in [3.63, 3.8) is 0 Å². The van der Waals surface area contributed by atoms with E-state index >= 15 is 0 Å². The smallest absolute Gasteiger partial charge is 0.197 e. The van der Waals surface area contributed by atoms with E-state index in [-0.39, 0.29) is 11.7 Å². The van der Waals surface area contributed by atoms with Crippen LogP contribution in [0.15, 0.2) is 35.5 Å².